The van der Waals surface area contributed by atoms with E-state index in [2.05, 4.69) is 20.5 Å². The van der Waals surface area contributed by atoms with Gasteiger partial charge < -0.3 is 20.6 Å². The summed E-state index contributed by atoms with van der Waals surface area (Å²) >= 11 is 0. The smallest absolute Gasteiger partial charge is 0.315 e. The van der Waals surface area contributed by atoms with Crippen LogP contribution in [0.1, 0.15) is 38.7 Å². The molecule has 1 aliphatic heterocycles. The van der Waals surface area contributed by atoms with Crippen molar-refractivity contribution in [2.45, 2.75) is 45.8 Å². The quantitative estimate of drug-likeness (QED) is 0.717. The SMILES string of the molecule is CC(O)CC(C)CNC(=O)NCc1ccnc(N2CCCC2)c1. The summed E-state index contributed by atoms with van der Waals surface area (Å²) in [6.45, 7) is 6.94. The van der Waals surface area contributed by atoms with Gasteiger partial charge in [0.15, 0.2) is 0 Å². The van der Waals surface area contributed by atoms with Crippen molar-refractivity contribution in [3.05, 3.63) is 23.9 Å². The minimum atomic E-state index is -0.337. The number of hydrogen-bond acceptors (Lipinski definition) is 4. The van der Waals surface area contributed by atoms with E-state index in [1.54, 1.807) is 13.1 Å². The van der Waals surface area contributed by atoms with Gasteiger partial charge in [-0.1, -0.05) is 6.92 Å². The van der Waals surface area contributed by atoms with Gasteiger partial charge in [-0.05, 0) is 49.8 Å². The van der Waals surface area contributed by atoms with Crippen LogP contribution in [-0.2, 0) is 6.54 Å². The number of carbonyl (C=O) groups is 1. The number of nitrogens with one attached hydrogen (secondary N) is 2. The third-order valence-corrected chi connectivity index (χ3v) is 4.05. The molecule has 0 saturated carbocycles. The van der Waals surface area contributed by atoms with Crippen molar-refractivity contribution in [2.24, 2.45) is 5.92 Å². The van der Waals surface area contributed by atoms with Crippen molar-refractivity contribution in [3.63, 3.8) is 0 Å². The maximum absolute atomic E-state index is 11.8. The van der Waals surface area contributed by atoms with Crippen molar-refractivity contribution in [1.82, 2.24) is 15.6 Å². The van der Waals surface area contributed by atoms with E-state index in [4.69, 9.17) is 0 Å². The molecule has 23 heavy (non-hydrogen) atoms. The normalized spacial score (nSPS) is 16.9. The maximum atomic E-state index is 11.8. The first-order chi connectivity index (χ1) is 11.0. The number of aliphatic hydroxyl groups is 1. The average molecular weight is 320 g/mol. The lowest BCUT2D eigenvalue weighted by Crippen LogP contribution is -2.37. The van der Waals surface area contributed by atoms with Crippen molar-refractivity contribution in [1.29, 1.82) is 0 Å². The van der Waals surface area contributed by atoms with Gasteiger partial charge in [0.05, 0.1) is 6.10 Å². The number of anilines is 1. The third kappa shape index (κ3) is 6.06. The molecule has 6 heteroatoms. The molecule has 2 heterocycles. The molecule has 0 aromatic carbocycles. The monoisotopic (exact) mass is 320 g/mol. The number of urea groups is 1. The summed E-state index contributed by atoms with van der Waals surface area (Å²) in [5.74, 6) is 1.25. The Labute approximate surface area is 138 Å². The highest BCUT2D eigenvalue weighted by Gasteiger charge is 2.13. The first-order valence-electron chi connectivity index (χ1n) is 8.44. The lowest BCUT2D eigenvalue weighted by molar-refractivity contribution is 0.163. The number of aliphatic hydroxyl groups excluding tert-OH is 1. The van der Waals surface area contributed by atoms with Crippen LogP contribution in [0.3, 0.4) is 0 Å². The van der Waals surface area contributed by atoms with Crippen LogP contribution < -0.4 is 15.5 Å². The van der Waals surface area contributed by atoms with Crippen LogP contribution in [0.2, 0.25) is 0 Å². The van der Waals surface area contributed by atoms with E-state index in [-0.39, 0.29) is 18.1 Å². The van der Waals surface area contributed by atoms with Gasteiger partial charge in [0.2, 0.25) is 0 Å². The Morgan fingerprint density at radius 2 is 2.09 bits per heavy atom. The number of nitrogens with zero attached hydrogens (tertiary/aromatic N) is 2. The van der Waals surface area contributed by atoms with Crippen molar-refractivity contribution < 1.29 is 9.90 Å². The van der Waals surface area contributed by atoms with Gasteiger partial charge in [0.1, 0.15) is 5.82 Å². The number of amides is 2. The van der Waals surface area contributed by atoms with Crippen LogP contribution in [0.4, 0.5) is 10.6 Å². The predicted octanol–water partition coefficient (Wildman–Crippen LogP) is 1.89. The summed E-state index contributed by atoms with van der Waals surface area (Å²) in [7, 11) is 0. The fourth-order valence-corrected chi connectivity index (χ4v) is 2.87. The summed E-state index contributed by atoms with van der Waals surface area (Å²) in [6, 6.07) is 3.79. The van der Waals surface area contributed by atoms with Gasteiger partial charge in [0, 0.05) is 32.4 Å². The number of aromatic nitrogens is 1. The molecule has 128 valence electrons. The molecule has 2 amide bonds. The van der Waals surface area contributed by atoms with E-state index in [0.29, 0.717) is 19.5 Å². The van der Waals surface area contributed by atoms with Gasteiger partial charge in [0.25, 0.3) is 0 Å². The van der Waals surface area contributed by atoms with Crippen molar-refractivity contribution in [3.8, 4) is 0 Å². The lowest BCUT2D eigenvalue weighted by atomic mass is 10.1. The molecule has 1 aliphatic rings. The molecule has 2 unspecified atom stereocenters. The number of rotatable bonds is 7. The average Bonchev–Trinajstić information content (AvgIpc) is 3.05. The van der Waals surface area contributed by atoms with Crippen molar-refractivity contribution >= 4 is 11.8 Å². The van der Waals surface area contributed by atoms with E-state index in [1.807, 2.05) is 19.1 Å². The topological polar surface area (TPSA) is 77.5 Å². The van der Waals surface area contributed by atoms with Crippen molar-refractivity contribution in [2.75, 3.05) is 24.5 Å². The molecule has 0 bridgehead atoms. The van der Waals surface area contributed by atoms with Gasteiger partial charge in [-0.25, -0.2) is 9.78 Å². The molecule has 2 atom stereocenters. The van der Waals surface area contributed by atoms with Crippen LogP contribution in [0.5, 0.6) is 0 Å². The van der Waals surface area contributed by atoms with E-state index in [9.17, 15) is 9.90 Å². The standard InChI is InChI=1S/C17H28N4O2/c1-13(9-14(2)22)11-19-17(23)20-12-15-5-6-18-16(10-15)21-7-3-4-8-21/h5-6,10,13-14,22H,3-4,7-9,11-12H2,1-2H3,(H2,19,20,23). The zero-order valence-corrected chi connectivity index (χ0v) is 14.1. The number of carbonyl (C=O) groups excluding carboxylic acids is 1. The Morgan fingerprint density at radius 1 is 1.35 bits per heavy atom. The van der Waals surface area contributed by atoms with Crippen LogP contribution in [0.15, 0.2) is 18.3 Å². The number of hydrogen-bond donors (Lipinski definition) is 3. The third-order valence-electron chi connectivity index (χ3n) is 4.05. The van der Waals surface area contributed by atoms with Crippen LogP contribution in [-0.4, -0.2) is 41.9 Å². The second-order valence-electron chi connectivity index (χ2n) is 6.47. The number of pyridine rings is 1. The zero-order valence-electron chi connectivity index (χ0n) is 14.1. The first-order valence-corrected chi connectivity index (χ1v) is 8.44. The Balaban J connectivity index is 1.74. The fraction of sp³-hybridized carbons (Fsp3) is 0.647. The van der Waals surface area contributed by atoms with Crippen LogP contribution >= 0.6 is 0 Å². The largest absolute Gasteiger partial charge is 0.393 e. The minimum absolute atomic E-state index is 0.179. The second kappa shape index (κ2) is 8.72. The summed E-state index contributed by atoms with van der Waals surface area (Å²) in [6.07, 6.45) is 4.58. The molecular formula is C17H28N4O2. The van der Waals surface area contributed by atoms with Gasteiger partial charge in [-0.15, -0.1) is 0 Å². The Bertz CT molecular complexity index is 501. The maximum Gasteiger partial charge on any atom is 0.315 e. The molecule has 0 radical (unpaired) electrons. The first kappa shape index (κ1) is 17.5. The lowest BCUT2D eigenvalue weighted by Gasteiger charge is -2.17. The Morgan fingerprint density at radius 3 is 2.78 bits per heavy atom. The molecule has 6 nitrogen and oxygen atoms in total. The van der Waals surface area contributed by atoms with E-state index in [1.165, 1.54) is 12.8 Å². The zero-order chi connectivity index (χ0) is 16.7. The van der Waals surface area contributed by atoms with E-state index < -0.39 is 0 Å². The fourth-order valence-electron chi connectivity index (χ4n) is 2.87. The summed E-state index contributed by atoms with van der Waals surface area (Å²) in [4.78, 5) is 18.5. The molecular weight excluding hydrogens is 292 g/mol. The highest BCUT2D eigenvalue weighted by Crippen LogP contribution is 2.18. The Hall–Kier alpha value is -1.82. The van der Waals surface area contributed by atoms with Gasteiger partial charge in [-0.2, -0.15) is 0 Å². The summed E-state index contributed by atoms with van der Waals surface area (Å²) in [5.41, 5.74) is 1.05. The Kier molecular flexibility index (Phi) is 6.65. The molecule has 0 aliphatic carbocycles. The van der Waals surface area contributed by atoms with Gasteiger partial charge in [-0.3, -0.25) is 0 Å². The highest BCUT2D eigenvalue weighted by molar-refractivity contribution is 5.73. The molecule has 3 N–H and O–H groups in total. The second-order valence-corrected chi connectivity index (χ2v) is 6.47. The molecule has 2 rings (SSSR count). The van der Waals surface area contributed by atoms with E-state index in [0.717, 1.165) is 24.5 Å². The molecule has 0 spiro atoms. The molecule has 1 saturated heterocycles. The van der Waals surface area contributed by atoms with Gasteiger partial charge >= 0.3 is 6.03 Å². The summed E-state index contributed by atoms with van der Waals surface area (Å²) in [5, 5.41) is 15.0. The molecule has 1 aromatic heterocycles. The highest BCUT2D eigenvalue weighted by atomic mass is 16.3. The molecule has 1 fully saturated rings. The molecule has 1 aromatic rings. The summed E-state index contributed by atoms with van der Waals surface area (Å²) < 4.78 is 0. The van der Waals surface area contributed by atoms with Crippen LogP contribution in [0.25, 0.3) is 0 Å². The van der Waals surface area contributed by atoms with Crippen LogP contribution in [0, 0.1) is 5.92 Å². The predicted molar refractivity (Wildman–Crippen MR) is 91.4 cm³/mol. The minimum Gasteiger partial charge on any atom is -0.393 e. The van der Waals surface area contributed by atoms with E-state index >= 15 is 0 Å².